The smallest absolute Gasteiger partial charge is 0.151 e. The van der Waals surface area contributed by atoms with E-state index in [0.717, 1.165) is 32.0 Å². The third-order valence-corrected chi connectivity index (χ3v) is 5.46. The van der Waals surface area contributed by atoms with Gasteiger partial charge in [-0.15, -0.1) is 0 Å². The zero-order valence-electron chi connectivity index (χ0n) is 12.7. The first-order valence-corrected chi connectivity index (χ1v) is 9.37. The Morgan fingerprint density at radius 2 is 1.84 bits per heavy atom. The molecule has 1 atom stereocenters. The molecule has 0 aromatic rings. The number of hydrogen-bond donors (Lipinski definition) is 1. The molecule has 5 heteroatoms. The van der Waals surface area contributed by atoms with E-state index in [1.807, 2.05) is 0 Å². The average molecular weight is 290 g/mol. The van der Waals surface area contributed by atoms with E-state index in [9.17, 15) is 8.42 Å². The Bertz CT molecular complexity index is 341. The molecule has 1 aliphatic heterocycles. The van der Waals surface area contributed by atoms with Gasteiger partial charge in [-0.05, 0) is 38.6 Å². The van der Waals surface area contributed by atoms with Crippen LogP contribution in [0.4, 0.5) is 0 Å². The van der Waals surface area contributed by atoms with Gasteiger partial charge in [0.05, 0.1) is 11.5 Å². The largest absolute Gasteiger partial charge is 0.313 e. The quantitative estimate of drug-likeness (QED) is 0.772. The highest BCUT2D eigenvalue weighted by molar-refractivity contribution is 7.91. The summed E-state index contributed by atoms with van der Waals surface area (Å²) in [5.74, 6) is 1.46. The van der Waals surface area contributed by atoms with Gasteiger partial charge in [0, 0.05) is 25.7 Å². The first-order valence-electron chi connectivity index (χ1n) is 7.55. The van der Waals surface area contributed by atoms with Crippen LogP contribution < -0.4 is 5.32 Å². The second kappa shape index (κ2) is 8.22. The molecule has 0 saturated carbocycles. The number of nitrogens with zero attached hydrogens (tertiary/aromatic N) is 1. The molecule has 19 heavy (non-hydrogen) atoms. The highest BCUT2D eigenvalue weighted by atomic mass is 32.2. The van der Waals surface area contributed by atoms with E-state index in [-0.39, 0.29) is 0 Å². The van der Waals surface area contributed by atoms with Crippen LogP contribution in [0.1, 0.15) is 40.0 Å². The van der Waals surface area contributed by atoms with Crippen molar-refractivity contribution < 1.29 is 8.42 Å². The van der Waals surface area contributed by atoms with Crippen molar-refractivity contribution in [1.82, 2.24) is 10.2 Å². The van der Waals surface area contributed by atoms with Crippen molar-refractivity contribution in [2.75, 3.05) is 37.7 Å². The molecular weight excluding hydrogens is 260 g/mol. The number of sulfone groups is 1. The molecular formula is C14H30N2O2S. The van der Waals surface area contributed by atoms with Crippen molar-refractivity contribution in [2.24, 2.45) is 5.92 Å². The van der Waals surface area contributed by atoms with Crippen molar-refractivity contribution in [3.8, 4) is 0 Å². The van der Waals surface area contributed by atoms with Crippen LogP contribution in [0.3, 0.4) is 0 Å². The molecule has 0 aliphatic carbocycles. The average Bonchev–Trinajstić information content (AvgIpc) is 2.48. The molecule has 4 nitrogen and oxygen atoms in total. The lowest BCUT2D eigenvalue weighted by Crippen LogP contribution is -2.37. The van der Waals surface area contributed by atoms with Crippen LogP contribution in [0, 0.1) is 5.92 Å². The molecule has 0 aromatic carbocycles. The van der Waals surface area contributed by atoms with Gasteiger partial charge in [-0.1, -0.05) is 13.8 Å². The van der Waals surface area contributed by atoms with Crippen molar-refractivity contribution >= 4 is 9.84 Å². The summed E-state index contributed by atoms with van der Waals surface area (Å²) in [7, 11) is -2.77. The summed E-state index contributed by atoms with van der Waals surface area (Å²) in [5, 5.41) is 3.54. The molecule has 1 rings (SSSR count). The SMILES string of the molecule is CC(C)CCC(C)NCCN1CCCS(=O)(=O)CC1. The molecule has 0 radical (unpaired) electrons. The highest BCUT2D eigenvalue weighted by Crippen LogP contribution is 2.07. The molecule has 0 bridgehead atoms. The summed E-state index contributed by atoms with van der Waals surface area (Å²) in [6.07, 6.45) is 3.26. The Labute approximate surface area is 118 Å². The Morgan fingerprint density at radius 1 is 1.11 bits per heavy atom. The minimum Gasteiger partial charge on any atom is -0.313 e. The fraction of sp³-hybridized carbons (Fsp3) is 1.00. The molecule has 1 saturated heterocycles. The van der Waals surface area contributed by atoms with Gasteiger partial charge in [0.25, 0.3) is 0 Å². The molecule has 1 N–H and O–H groups in total. The lowest BCUT2D eigenvalue weighted by atomic mass is 10.0. The molecule has 1 aliphatic rings. The van der Waals surface area contributed by atoms with Gasteiger partial charge >= 0.3 is 0 Å². The van der Waals surface area contributed by atoms with Gasteiger partial charge in [0.1, 0.15) is 0 Å². The van der Waals surface area contributed by atoms with Crippen LogP contribution in [0.25, 0.3) is 0 Å². The molecule has 114 valence electrons. The molecule has 0 aromatic heterocycles. The summed E-state index contributed by atoms with van der Waals surface area (Å²) < 4.78 is 23.0. The zero-order valence-corrected chi connectivity index (χ0v) is 13.5. The van der Waals surface area contributed by atoms with Gasteiger partial charge in [0.15, 0.2) is 9.84 Å². The Morgan fingerprint density at radius 3 is 2.53 bits per heavy atom. The lowest BCUT2D eigenvalue weighted by Gasteiger charge is -2.21. The van der Waals surface area contributed by atoms with Crippen LogP contribution in [0.15, 0.2) is 0 Å². The Hall–Kier alpha value is -0.130. The maximum atomic E-state index is 11.5. The third kappa shape index (κ3) is 7.90. The van der Waals surface area contributed by atoms with Crippen LogP contribution in [-0.4, -0.2) is 57.0 Å². The lowest BCUT2D eigenvalue weighted by molar-refractivity contribution is 0.287. The highest BCUT2D eigenvalue weighted by Gasteiger charge is 2.18. The molecule has 1 unspecified atom stereocenters. The summed E-state index contributed by atoms with van der Waals surface area (Å²) >= 11 is 0. The van der Waals surface area contributed by atoms with Gasteiger partial charge < -0.3 is 10.2 Å². The predicted molar refractivity (Wildman–Crippen MR) is 81.2 cm³/mol. The second-order valence-corrected chi connectivity index (χ2v) is 8.48. The van der Waals surface area contributed by atoms with Gasteiger partial charge in [-0.25, -0.2) is 8.42 Å². The van der Waals surface area contributed by atoms with E-state index in [1.165, 1.54) is 12.8 Å². The number of nitrogens with one attached hydrogen (secondary N) is 1. The normalized spacial score (nSPS) is 22.3. The standard InChI is InChI=1S/C14H30N2O2S/c1-13(2)5-6-14(3)15-7-9-16-8-4-11-19(17,18)12-10-16/h13-15H,4-12H2,1-3H3. The molecule has 1 heterocycles. The third-order valence-electron chi connectivity index (χ3n) is 3.75. The fourth-order valence-corrected chi connectivity index (χ4v) is 3.68. The van der Waals surface area contributed by atoms with Crippen LogP contribution in [-0.2, 0) is 9.84 Å². The topological polar surface area (TPSA) is 49.4 Å². The summed E-state index contributed by atoms with van der Waals surface area (Å²) in [5.41, 5.74) is 0. The first-order chi connectivity index (χ1) is 8.89. The minimum absolute atomic E-state index is 0.329. The van der Waals surface area contributed by atoms with Gasteiger partial charge in [0.2, 0.25) is 0 Å². The van der Waals surface area contributed by atoms with E-state index in [1.54, 1.807) is 0 Å². The van der Waals surface area contributed by atoms with E-state index < -0.39 is 9.84 Å². The van der Waals surface area contributed by atoms with E-state index in [0.29, 0.717) is 24.1 Å². The Balaban J connectivity index is 2.15. The summed E-state index contributed by atoms with van der Waals surface area (Å²) in [4.78, 5) is 2.27. The zero-order chi connectivity index (χ0) is 14.3. The molecule has 1 fully saturated rings. The number of rotatable bonds is 7. The Kier molecular flexibility index (Phi) is 7.32. The van der Waals surface area contributed by atoms with Crippen LogP contribution >= 0.6 is 0 Å². The van der Waals surface area contributed by atoms with E-state index >= 15 is 0 Å². The van der Waals surface area contributed by atoms with Crippen molar-refractivity contribution in [2.45, 2.75) is 46.1 Å². The monoisotopic (exact) mass is 290 g/mol. The minimum atomic E-state index is -2.77. The summed E-state index contributed by atoms with van der Waals surface area (Å²) in [6, 6.07) is 0.554. The van der Waals surface area contributed by atoms with E-state index in [2.05, 4.69) is 31.0 Å². The summed E-state index contributed by atoms with van der Waals surface area (Å²) in [6.45, 7) is 10.3. The first kappa shape index (κ1) is 16.9. The van der Waals surface area contributed by atoms with Crippen molar-refractivity contribution in [3.05, 3.63) is 0 Å². The van der Waals surface area contributed by atoms with Gasteiger partial charge in [-0.3, -0.25) is 0 Å². The molecule has 0 spiro atoms. The number of hydrogen-bond acceptors (Lipinski definition) is 4. The van der Waals surface area contributed by atoms with E-state index in [4.69, 9.17) is 0 Å². The maximum absolute atomic E-state index is 11.5. The van der Waals surface area contributed by atoms with Crippen LogP contribution in [0.2, 0.25) is 0 Å². The van der Waals surface area contributed by atoms with Crippen molar-refractivity contribution in [3.63, 3.8) is 0 Å². The fourth-order valence-electron chi connectivity index (χ4n) is 2.37. The molecule has 0 amide bonds. The predicted octanol–water partition coefficient (Wildman–Crippen LogP) is 1.52. The maximum Gasteiger partial charge on any atom is 0.151 e. The van der Waals surface area contributed by atoms with Crippen LogP contribution in [0.5, 0.6) is 0 Å². The van der Waals surface area contributed by atoms with Crippen molar-refractivity contribution in [1.29, 1.82) is 0 Å². The second-order valence-electron chi connectivity index (χ2n) is 6.17. The van der Waals surface area contributed by atoms with Gasteiger partial charge in [-0.2, -0.15) is 0 Å².